The first kappa shape index (κ1) is 20.5. The average Bonchev–Trinajstić information content (AvgIpc) is 3.29. The second-order valence-electron chi connectivity index (χ2n) is 8.28. The molecule has 2 aliphatic heterocycles. The number of hydrogen-bond donors (Lipinski definition) is 2. The highest BCUT2D eigenvalue weighted by molar-refractivity contribution is 5.97. The van der Waals surface area contributed by atoms with Crippen LogP contribution in [0, 0.1) is 5.95 Å². The largest absolute Gasteiger partial charge is 0.383 e. The summed E-state index contributed by atoms with van der Waals surface area (Å²) in [5.41, 5.74) is 11.4. The summed E-state index contributed by atoms with van der Waals surface area (Å²) in [5, 5.41) is 2.84. The molecule has 0 bridgehead atoms. The summed E-state index contributed by atoms with van der Waals surface area (Å²) in [7, 11) is 1.74. The van der Waals surface area contributed by atoms with E-state index in [1.54, 1.807) is 19.2 Å². The summed E-state index contributed by atoms with van der Waals surface area (Å²) in [6.07, 6.45) is 2.00. The molecule has 1 aromatic heterocycles. The summed E-state index contributed by atoms with van der Waals surface area (Å²) in [6, 6.07) is 15.1. The molecular formula is C25H25FN4O2. The van der Waals surface area contributed by atoms with Crippen LogP contribution in [0.3, 0.4) is 0 Å². The standard InChI is InChI=1S/C25H25FN4O2/c1-32-19-9-11-30(14-19)18-5-2-15(3-6-18)21-13-22(24(27)29-23(21)26)16-4-7-20-17(12-16)8-10-28-25(20)31/h2-7,12-13,19H,8-11,14H2,1H3,(H2,27,29)(H,28,31)/t19-/m1/s1. The minimum absolute atomic E-state index is 0.0707. The predicted molar refractivity (Wildman–Crippen MR) is 123 cm³/mol. The Morgan fingerprint density at radius 3 is 2.62 bits per heavy atom. The average molecular weight is 432 g/mol. The number of carbonyl (C=O) groups is 1. The fraction of sp³-hybridized carbons (Fsp3) is 0.280. The highest BCUT2D eigenvalue weighted by atomic mass is 19.1. The van der Waals surface area contributed by atoms with Crippen LogP contribution in [0.2, 0.25) is 0 Å². The van der Waals surface area contributed by atoms with E-state index in [4.69, 9.17) is 10.5 Å². The Morgan fingerprint density at radius 1 is 1.09 bits per heavy atom. The highest BCUT2D eigenvalue weighted by Gasteiger charge is 2.23. The fourth-order valence-electron chi connectivity index (χ4n) is 4.54. The lowest BCUT2D eigenvalue weighted by atomic mass is 9.94. The van der Waals surface area contributed by atoms with Crippen molar-refractivity contribution in [2.45, 2.75) is 18.9 Å². The van der Waals surface area contributed by atoms with Crippen molar-refractivity contribution in [2.75, 3.05) is 37.4 Å². The summed E-state index contributed by atoms with van der Waals surface area (Å²) in [5.74, 6) is -0.540. The molecule has 0 spiro atoms. The van der Waals surface area contributed by atoms with E-state index in [9.17, 15) is 9.18 Å². The molecule has 3 heterocycles. The number of nitrogens with zero attached hydrogens (tertiary/aromatic N) is 2. The molecule has 0 unspecified atom stereocenters. The SMILES string of the molecule is CO[C@@H]1CCN(c2ccc(-c3cc(-c4ccc5c(c4)CCNC5=O)c(N)nc3F)cc2)C1. The van der Waals surface area contributed by atoms with Crippen LogP contribution >= 0.6 is 0 Å². The lowest BCUT2D eigenvalue weighted by molar-refractivity contribution is 0.0946. The molecule has 1 fully saturated rings. The summed E-state index contributed by atoms with van der Waals surface area (Å²) in [6.45, 7) is 2.40. The van der Waals surface area contributed by atoms with Crippen molar-refractivity contribution in [1.29, 1.82) is 0 Å². The number of carbonyl (C=O) groups excluding carboxylic acids is 1. The maximum absolute atomic E-state index is 14.8. The number of ether oxygens (including phenoxy) is 1. The highest BCUT2D eigenvalue weighted by Crippen LogP contribution is 2.34. The van der Waals surface area contributed by atoms with Gasteiger partial charge in [-0.05, 0) is 53.8 Å². The second kappa shape index (κ2) is 8.24. The van der Waals surface area contributed by atoms with Crippen LogP contribution in [0.5, 0.6) is 0 Å². The topological polar surface area (TPSA) is 80.5 Å². The number of amides is 1. The van der Waals surface area contributed by atoms with Crippen LogP contribution in [0.1, 0.15) is 22.3 Å². The molecular weight excluding hydrogens is 407 g/mol. The first-order chi connectivity index (χ1) is 15.5. The lowest BCUT2D eigenvalue weighted by Gasteiger charge is -2.19. The van der Waals surface area contributed by atoms with Crippen molar-refractivity contribution in [1.82, 2.24) is 10.3 Å². The first-order valence-corrected chi connectivity index (χ1v) is 10.8. The molecule has 1 amide bonds. The Kier molecular flexibility index (Phi) is 5.27. The van der Waals surface area contributed by atoms with Gasteiger partial charge in [-0.15, -0.1) is 0 Å². The van der Waals surface area contributed by atoms with Gasteiger partial charge in [-0.2, -0.15) is 4.39 Å². The molecule has 1 saturated heterocycles. The molecule has 2 aromatic carbocycles. The minimum Gasteiger partial charge on any atom is -0.383 e. The second-order valence-corrected chi connectivity index (χ2v) is 8.28. The Morgan fingerprint density at radius 2 is 1.88 bits per heavy atom. The number of hydrogen-bond acceptors (Lipinski definition) is 5. The van der Waals surface area contributed by atoms with Gasteiger partial charge in [0.25, 0.3) is 5.91 Å². The van der Waals surface area contributed by atoms with Crippen LogP contribution < -0.4 is 16.0 Å². The van der Waals surface area contributed by atoms with Crippen LogP contribution in [0.25, 0.3) is 22.3 Å². The van der Waals surface area contributed by atoms with E-state index in [-0.39, 0.29) is 17.8 Å². The molecule has 1 atom stereocenters. The van der Waals surface area contributed by atoms with Gasteiger partial charge in [0.2, 0.25) is 5.95 Å². The van der Waals surface area contributed by atoms with Gasteiger partial charge in [-0.3, -0.25) is 4.79 Å². The van der Waals surface area contributed by atoms with E-state index < -0.39 is 5.95 Å². The number of rotatable bonds is 4. The van der Waals surface area contributed by atoms with Gasteiger partial charge in [-0.1, -0.05) is 24.3 Å². The van der Waals surface area contributed by atoms with Gasteiger partial charge < -0.3 is 20.7 Å². The number of nitrogens with one attached hydrogen (secondary N) is 1. The van der Waals surface area contributed by atoms with Gasteiger partial charge in [0.15, 0.2) is 0 Å². The summed E-state index contributed by atoms with van der Waals surface area (Å²) >= 11 is 0. The normalized spacial score (nSPS) is 17.9. The van der Waals surface area contributed by atoms with E-state index in [2.05, 4.69) is 15.2 Å². The third-order valence-corrected chi connectivity index (χ3v) is 6.37. The molecule has 2 aliphatic rings. The van der Waals surface area contributed by atoms with Gasteiger partial charge in [0, 0.05) is 49.1 Å². The molecule has 3 N–H and O–H groups in total. The smallest absolute Gasteiger partial charge is 0.251 e. The molecule has 32 heavy (non-hydrogen) atoms. The van der Waals surface area contributed by atoms with Crippen LogP contribution in [0.15, 0.2) is 48.5 Å². The van der Waals surface area contributed by atoms with Crippen molar-refractivity contribution in [3.05, 3.63) is 65.6 Å². The summed E-state index contributed by atoms with van der Waals surface area (Å²) < 4.78 is 20.2. The van der Waals surface area contributed by atoms with E-state index >= 15 is 0 Å². The molecule has 164 valence electrons. The number of anilines is 2. The fourth-order valence-corrected chi connectivity index (χ4v) is 4.54. The molecule has 6 nitrogen and oxygen atoms in total. The Balaban J connectivity index is 1.47. The van der Waals surface area contributed by atoms with E-state index in [0.29, 0.717) is 23.2 Å². The quantitative estimate of drug-likeness (QED) is 0.615. The number of nitrogens with two attached hydrogens (primary N) is 1. The number of benzene rings is 2. The van der Waals surface area contributed by atoms with Gasteiger partial charge in [0.1, 0.15) is 5.82 Å². The Labute approximate surface area is 186 Å². The van der Waals surface area contributed by atoms with Gasteiger partial charge in [0.05, 0.1) is 6.10 Å². The number of methoxy groups -OCH3 is 1. The number of aromatic nitrogens is 1. The van der Waals surface area contributed by atoms with Crippen LogP contribution in [-0.2, 0) is 11.2 Å². The molecule has 0 saturated carbocycles. The molecule has 0 radical (unpaired) electrons. The van der Waals surface area contributed by atoms with Gasteiger partial charge in [-0.25, -0.2) is 4.98 Å². The zero-order valence-electron chi connectivity index (χ0n) is 17.9. The molecule has 7 heteroatoms. The Hall–Kier alpha value is -3.45. The number of pyridine rings is 1. The van der Waals surface area contributed by atoms with Crippen molar-refractivity contribution in [3.8, 4) is 22.3 Å². The third kappa shape index (κ3) is 3.69. The number of fused-ring (bicyclic) bond motifs is 1. The Bertz CT molecular complexity index is 1180. The van der Waals surface area contributed by atoms with Crippen LogP contribution in [-0.4, -0.2) is 43.7 Å². The monoisotopic (exact) mass is 432 g/mol. The van der Waals surface area contributed by atoms with Crippen molar-refractivity contribution >= 4 is 17.4 Å². The first-order valence-electron chi connectivity index (χ1n) is 10.8. The van der Waals surface area contributed by atoms with E-state index in [1.165, 1.54) is 0 Å². The minimum atomic E-state index is -0.600. The zero-order chi connectivity index (χ0) is 22.2. The maximum atomic E-state index is 14.8. The molecule has 5 rings (SSSR count). The van der Waals surface area contributed by atoms with Crippen molar-refractivity contribution < 1.29 is 13.9 Å². The zero-order valence-corrected chi connectivity index (χ0v) is 17.9. The van der Waals surface area contributed by atoms with E-state index in [0.717, 1.165) is 48.3 Å². The summed E-state index contributed by atoms with van der Waals surface area (Å²) in [4.78, 5) is 18.3. The van der Waals surface area contributed by atoms with Crippen molar-refractivity contribution in [3.63, 3.8) is 0 Å². The number of halogens is 1. The molecule has 3 aromatic rings. The maximum Gasteiger partial charge on any atom is 0.251 e. The van der Waals surface area contributed by atoms with Gasteiger partial charge >= 0.3 is 0 Å². The lowest BCUT2D eigenvalue weighted by Crippen LogP contribution is -2.31. The number of nitrogen functional groups attached to an aromatic ring is 1. The van der Waals surface area contributed by atoms with Crippen molar-refractivity contribution in [2.24, 2.45) is 0 Å². The third-order valence-electron chi connectivity index (χ3n) is 6.37. The molecule has 0 aliphatic carbocycles. The predicted octanol–water partition coefficient (Wildman–Crippen LogP) is 3.65. The van der Waals surface area contributed by atoms with E-state index in [1.807, 2.05) is 36.4 Å². The van der Waals surface area contributed by atoms with Crippen LogP contribution in [0.4, 0.5) is 15.9 Å².